The number of aromatic nitrogens is 2. The SMILES string of the molecule is O=C(NCc1nc(-c2ccc(F)cc2)no1)c1ccco1. The Morgan fingerprint density at radius 3 is 2.76 bits per heavy atom. The number of rotatable bonds is 4. The van der Waals surface area contributed by atoms with Gasteiger partial charge in [-0.2, -0.15) is 4.98 Å². The number of hydrogen-bond donors (Lipinski definition) is 1. The zero-order valence-electron chi connectivity index (χ0n) is 10.7. The number of carbonyl (C=O) groups excluding carboxylic acids is 1. The van der Waals surface area contributed by atoms with Gasteiger partial charge in [-0.15, -0.1) is 0 Å². The number of hydrogen-bond acceptors (Lipinski definition) is 5. The van der Waals surface area contributed by atoms with Crippen LogP contribution in [-0.4, -0.2) is 16.0 Å². The normalized spacial score (nSPS) is 10.5. The first-order valence-corrected chi connectivity index (χ1v) is 6.12. The average molecular weight is 287 g/mol. The van der Waals surface area contributed by atoms with Crippen LogP contribution in [0, 0.1) is 5.82 Å². The molecule has 0 aliphatic heterocycles. The predicted molar refractivity (Wildman–Crippen MR) is 69.6 cm³/mol. The minimum atomic E-state index is -0.374. The van der Waals surface area contributed by atoms with Crippen molar-refractivity contribution in [2.45, 2.75) is 6.54 Å². The van der Waals surface area contributed by atoms with Crippen molar-refractivity contribution in [2.75, 3.05) is 0 Å². The third kappa shape index (κ3) is 2.97. The summed E-state index contributed by atoms with van der Waals surface area (Å²) in [6.45, 7) is 0.0771. The third-order valence-electron chi connectivity index (χ3n) is 2.72. The topological polar surface area (TPSA) is 81.2 Å². The highest BCUT2D eigenvalue weighted by atomic mass is 19.1. The van der Waals surface area contributed by atoms with Gasteiger partial charge in [-0.25, -0.2) is 4.39 Å². The van der Waals surface area contributed by atoms with Gasteiger partial charge in [0.15, 0.2) is 5.76 Å². The van der Waals surface area contributed by atoms with Gasteiger partial charge in [-0.3, -0.25) is 4.79 Å². The highest BCUT2D eigenvalue weighted by molar-refractivity contribution is 5.91. The van der Waals surface area contributed by atoms with E-state index in [2.05, 4.69) is 15.5 Å². The van der Waals surface area contributed by atoms with Crippen molar-refractivity contribution in [3.8, 4) is 11.4 Å². The zero-order valence-corrected chi connectivity index (χ0v) is 10.7. The van der Waals surface area contributed by atoms with Crippen molar-refractivity contribution >= 4 is 5.91 Å². The van der Waals surface area contributed by atoms with Crippen LogP contribution in [0.4, 0.5) is 4.39 Å². The lowest BCUT2D eigenvalue weighted by molar-refractivity contribution is 0.0918. The maximum absolute atomic E-state index is 12.8. The van der Waals surface area contributed by atoms with E-state index in [4.69, 9.17) is 8.94 Å². The lowest BCUT2D eigenvalue weighted by atomic mass is 10.2. The Morgan fingerprint density at radius 1 is 1.24 bits per heavy atom. The minimum absolute atomic E-state index is 0.0771. The third-order valence-corrected chi connectivity index (χ3v) is 2.72. The molecule has 106 valence electrons. The van der Waals surface area contributed by atoms with Crippen LogP contribution in [0.25, 0.3) is 11.4 Å². The van der Waals surface area contributed by atoms with E-state index in [1.807, 2.05) is 0 Å². The molecule has 3 aromatic rings. The molecule has 7 heteroatoms. The van der Waals surface area contributed by atoms with E-state index in [1.165, 1.54) is 18.4 Å². The van der Waals surface area contributed by atoms with Gasteiger partial charge < -0.3 is 14.3 Å². The number of halogens is 1. The Labute approximate surface area is 118 Å². The summed E-state index contributed by atoms with van der Waals surface area (Å²) >= 11 is 0. The second-order valence-corrected chi connectivity index (χ2v) is 4.18. The first-order chi connectivity index (χ1) is 10.2. The molecule has 2 aromatic heterocycles. The van der Waals surface area contributed by atoms with E-state index in [9.17, 15) is 9.18 Å². The van der Waals surface area contributed by atoms with Crippen molar-refractivity contribution < 1.29 is 18.1 Å². The van der Waals surface area contributed by atoms with Gasteiger partial charge in [-0.1, -0.05) is 5.16 Å². The molecule has 0 fully saturated rings. The molecule has 0 radical (unpaired) electrons. The standard InChI is InChI=1S/C14H10FN3O3/c15-10-5-3-9(4-6-10)13-17-12(21-18-13)8-16-14(19)11-2-1-7-20-11/h1-7H,8H2,(H,16,19). The molecule has 2 heterocycles. The maximum Gasteiger partial charge on any atom is 0.287 e. The van der Waals surface area contributed by atoms with Crippen molar-refractivity contribution in [3.63, 3.8) is 0 Å². The van der Waals surface area contributed by atoms with Gasteiger partial charge >= 0.3 is 0 Å². The summed E-state index contributed by atoms with van der Waals surface area (Å²) in [6.07, 6.45) is 1.41. The number of benzene rings is 1. The summed E-state index contributed by atoms with van der Waals surface area (Å²) < 4.78 is 22.8. The van der Waals surface area contributed by atoms with Crippen LogP contribution in [0.15, 0.2) is 51.6 Å². The number of carbonyl (C=O) groups is 1. The summed E-state index contributed by atoms with van der Waals surface area (Å²) in [6, 6.07) is 8.88. The number of furan rings is 1. The van der Waals surface area contributed by atoms with Crippen LogP contribution < -0.4 is 5.32 Å². The molecule has 0 unspecified atom stereocenters. The molecule has 0 saturated heterocycles. The summed E-state index contributed by atoms with van der Waals surface area (Å²) in [5.74, 6) is 0.0643. The van der Waals surface area contributed by atoms with Crippen LogP contribution in [-0.2, 0) is 6.54 Å². The summed E-state index contributed by atoms with van der Waals surface area (Å²) in [5, 5.41) is 6.36. The van der Waals surface area contributed by atoms with Crippen LogP contribution in [0.3, 0.4) is 0 Å². The Balaban J connectivity index is 1.65. The molecule has 1 amide bonds. The molecule has 1 aromatic carbocycles. The highest BCUT2D eigenvalue weighted by Gasteiger charge is 2.12. The molecule has 0 bridgehead atoms. The Kier molecular flexibility index (Phi) is 3.46. The lowest BCUT2D eigenvalue weighted by Gasteiger charge is -1.97. The van der Waals surface area contributed by atoms with E-state index >= 15 is 0 Å². The number of nitrogens with zero attached hydrogens (tertiary/aromatic N) is 2. The van der Waals surface area contributed by atoms with Gasteiger partial charge in [0.1, 0.15) is 5.82 Å². The summed E-state index contributed by atoms with van der Waals surface area (Å²) in [5.41, 5.74) is 0.628. The predicted octanol–water partition coefficient (Wildman–Crippen LogP) is 2.40. The molecule has 6 nitrogen and oxygen atoms in total. The van der Waals surface area contributed by atoms with E-state index in [1.54, 1.807) is 24.3 Å². The second-order valence-electron chi connectivity index (χ2n) is 4.18. The monoisotopic (exact) mass is 287 g/mol. The quantitative estimate of drug-likeness (QED) is 0.796. The summed E-state index contributed by atoms with van der Waals surface area (Å²) in [7, 11) is 0. The van der Waals surface area contributed by atoms with Crippen molar-refractivity contribution in [3.05, 3.63) is 60.1 Å². The molecular weight excluding hydrogens is 277 g/mol. The van der Waals surface area contributed by atoms with Crippen LogP contribution in [0.2, 0.25) is 0 Å². The molecule has 1 N–H and O–H groups in total. The molecule has 0 aliphatic carbocycles. The van der Waals surface area contributed by atoms with Crippen molar-refractivity contribution in [1.29, 1.82) is 0 Å². The Bertz CT molecular complexity index is 735. The van der Waals surface area contributed by atoms with Crippen LogP contribution >= 0.6 is 0 Å². The van der Waals surface area contributed by atoms with Crippen LogP contribution in [0.1, 0.15) is 16.4 Å². The van der Waals surface area contributed by atoms with Crippen LogP contribution in [0.5, 0.6) is 0 Å². The lowest BCUT2D eigenvalue weighted by Crippen LogP contribution is -2.22. The van der Waals surface area contributed by atoms with Gasteiger partial charge in [0.2, 0.25) is 11.7 Å². The van der Waals surface area contributed by atoms with E-state index < -0.39 is 0 Å². The molecule has 0 saturated carbocycles. The number of amides is 1. The van der Waals surface area contributed by atoms with E-state index in [0.29, 0.717) is 11.4 Å². The van der Waals surface area contributed by atoms with Gasteiger partial charge in [0.05, 0.1) is 12.8 Å². The van der Waals surface area contributed by atoms with Gasteiger partial charge in [0.25, 0.3) is 5.91 Å². The molecule has 21 heavy (non-hydrogen) atoms. The summed E-state index contributed by atoms with van der Waals surface area (Å²) in [4.78, 5) is 15.8. The van der Waals surface area contributed by atoms with Crippen molar-refractivity contribution in [2.24, 2.45) is 0 Å². The Hall–Kier alpha value is -2.96. The first-order valence-electron chi connectivity index (χ1n) is 6.12. The fourth-order valence-corrected chi connectivity index (χ4v) is 1.69. The molecule has 0 spiro atoms. The molecule has 0 atom stereocenters. The highest BCUT2D eigenvalue weighted by Crippen LogP contribution is 2.16. The van der Waals surface area contributed by atoms with E-state index in [0.717, 1.165) is 0 Å². The second kappa shape index (κ2) is 5.58. The molecule has 0 aliphatic rings. The fraction of sp³-hybridized carbons (Fsp3) is 0.0714. The fourth-order valence-electron chi connectivity index (χ4n) is 1.69. The average Bonchev–Trinajstić information content (AvgIpc) is 3.17. The van der Waals surface area contributed by atoms with E-state index in [-0.39, 0.29) is 29.9 Å². The minimum Gasteiger partial charge on any atom is -0.459 e. The van der Waals surface area contributed by atoms with Gasteiger partial charge in [0, 0.05) is 5.56 Å². The molecule has 3 rings (SSSR count). The first kappa shape index (κ1) is 13.0. The Morgan fingerprint density at radius 2 is 2.05 bits per heavy atom. The van der Waals surface area contributed by atoms with Crippen molar-refractivity contribution in [1.82, 2.24) is 15.5 Å². The smallest absolute Gasteiger partial charge is 0.287 e. The largest absolute Gasteiger partial charge is 0.459 e. The molecular formula is C14H10FN3O3. The van der Waals surface area contributed by atoms with Gasteiger partial charge in [-0.05, 0) is 36.4 Å². The maximum atomic E-state index is 12.8. The zero-order chi connectivity index (χ0) is 14.7. The number of nitrogens with one attached hydrogen (secondary N) is 1.